The molecule has 49 heavy (non-hydrogen) atoms. The third-order valence-corrected chi connectivity index (χ3v) is 12.2. The van der Waals surface area contributed by atoms with Gasteiger partial charge in [0.1, 0.15) is 0 Å². The number of fused-ring (bicyclic) bond motifs is 7. The van der Waals surface area contributed by atoms with Crippen molar-refractivity contribution < 1.29 is 0 Å². The number of anilines is 3. The van der Waals surface area contributed by atoms with Gasteiger partial charge < -0.3 is 9.47 Å². The molecule has 0 saturated carbocycles. The summed E-state index contributed by atoms with van der Waals surface area (Å²) in [5, 5.41) is 6.48. The van der Waals surface area contributed by atoms with Gasteiger partial charge in [0.2, 0.25) is 0 Å². The Labute approximate surface area is 294 Å². The summed E-state index contributed by atoms with van der Waals surface area (Å²) in [6.07, 6.45) is 1.98. The van der Waals surface area contributed by atoms with Crippen LogP contribution >= 0.6 is 22.7 Å². The third-order valence-electron chi connectivity index (χ3n) is 9.82. The first-order valence-corrected chi connectivity index (χ1v) is 18.4. The average molecular weight is 669 g/mol. The first-order valence-electron chi connectivity index (χ1n) is 16.8. The van der Waals surface area contributed by atoms with E-state index in [1.165, 1.54) is 73.6 Å². The van der Waals surface area contributed by atoms with Gasteiger partial charge in [-0.15, -0.1) is 22.7 Å². The second-order valence-corrected chi connectivity index (χ2v) is 16.1. The molecule has 3 heterocycles. The van der Waals surface area contributed by atoms with Crippen LogP contribution in [0.25, 0.3) is 69.3 Å². The van der Waals surface area contributed by atoms with Crippen LogP contribution in [0.15, 0.2) is 134 Å². The van der Waals surface area contributed by atoms with Gasteiger partial charge in [0.05, 0.1) is 0 Å². The number of nitrogens with zero attached hydrogens (tertiary/aromatic N) is 2. The normalized spacial score (nSPS) is 12.2. The fourth-order valence-corrected chi connectivity index (χ4v) is 9.67. The van der Waals surface area contributed by atoms with E-state index in [9.17, 15) is 0 Å². The second-order valence-electron chi connectivity index (χ2n) is 13.9. The van der Waals surface area contributed by atoms with Gasteiger partial charge in [0, 0.05) is 74.2 Å². The number of hydrogen-bond acceptors (Lipinski definition) is 3. The maximum Gasteiger partial charge on any atom is 0.0496 e. The van der Waals surface area contributed by atoms with Crippen molar-refractivity contribution in [3.8, 4) is 11.1 Å². The predicted octanol–water partition coefficient (Wildman–Crippen LogP) is 14.2. The van der Waals surface area contributed by atoms with Crippen LogP contribution in [0, 0.1) is 6.92 Å². The molecule has 0 atom stereocenters. The fraction of sp³-hybridized carbons (Fsp3) is 0.111. The molecule has 0 aliphatic heterocycles. The zero-order valence-corrected chi connectivity index (χ0v) is 29.8. The standard InChI is InChI=1S/C45H36N2S2/c1-6-41-28(2)36-26-32(20-23-43(36)48-41)46(33-21-24-44-38(27-33)35-12-8-10-14-42(35)49-44)31-18-15-29(16-19-31)30-17-22-40-37(25-30)34-11-7-9-13-39(34)47(40)45(3,4)5/h6-27H,1H2,2-5H3. The number of hydrogen-bond donors (Lipinski definition) is 0. The number of rotatable bonds is 5. The highest BCUT2D eigenvalue weighted by atomic mass is 32.1. The third kappa shape index (κ3) is 4.81. The van der Waals surface area contributed by atoms with Crippen LogP contribution in [0.5, 0.6) is 0 Å². The van der Waals surface area contributed by atoms with Crippen LogP contribution in [-0.2, 0) is 5.54 Å². The molecule has 0 radical (unpaired) electrons. The molecule has 4 heteroatoms. The van der Waals surface area contributed by atoms with Crippen molar-refractivity contribution in [3.05, 3.63) is 144 Å². The first-order chi connectivity index (χ1) is 23.8. The van der Waals surface area contributed by atoms with Crippen molar-refractivity contribution in [2.45, 2.75) is 33.2 Å². The average Bonchev–Trinajstić information content (AvgIpc) is 3.77. The first kappa shape index (κ1) is 29.9. The van der Waals surface area contributed by atoms with Gasteiger partial charge in [-0.3, -0.25) is 0 Å². The monoisotopic (exact) mass is 668 g/mol. The van der Waals surface area contributed by atoms with Gasteiger partial charge in [-0.1, -0.05) is 67.3 Å². The van der Waals surface area contributed by atoms with E-state index in [4.69, 9.17) is 0 Å². The Bertz CT molecular complexity index is 2730. The minimum atomic E-state index is -0.0237. The van der Waals surface area contributed by atoms with Gasteiger partial charge in [-0.2, -0.15) is 0 Å². The van der Waals surface area contributed by atoms with Gasteiger partial charge in [0.15, 0.2) is 0 Å². The van der Waals surface area contributed by atoms with Crippen LogP contribution in [0.1, 0.15) is 31.2 Å². The van der Waals surface area contributed by atoms with Crippen LogP contribution in [-0.4, -0.2) is 4.57 Å². The van der Waals surface area contributed by atoms with Crippen LogP contribution in [0.2, 0.25) is 0 Å². The maximum atomic E-state index is 4.06. The number of aromatic nitrogens is 1. The summed E-state index contributed by atoms with van der Waals surface area (Å²) in [7, 11) is 0. The predicted molar refractivity (Wildman–Crippen MR) is 218 cm³/mol. The molecule has 9 aromatic rings. The molecular formula is C45H36N2S2. The zero-order chi connectivity index (χ0) is 33.4. The molecule has 0 unspecified atom stereocenters. The van der Waals surface area contributed by atoms with Crippen molar-refractivity contribution >= 4 is 97.9 Å². The molecule has 238 valence electrons. The van der Waals surface area contributed by atoms with E-state index >= 15 is 0 Å². The Morgan fingerprint density at radius 2 is 1.14 bits per heavy atom. The van der Waals surface area contributed by atoms with Gasteiger partial charge in [-0.05, 0) is 123 Å². The Morgan fingerprint density at radius 1 is 0.551 bits per heavy atom. The summed E-state index contributed by atoms with van der Waals surface area (Å²) in [5.41, 5.74) is 9.67. The molecule has 0 aliphatic rings. The Morgan fingerprint density at radius 3 is 1.88 bits per heavy atom. The van der Waals surface area contributed by atoms with E-state index in [1.807, 2.05) is 28.7 Å². The van der Waals surface area contributed by atoms with Crippen molar-refractivity contribution in [3.63, 3.8) is 0 Å². The van der Waals surface area contributed by atoms with Crippen molar-refractivity contribution in [1.29, 1.82) is 0 Å². The molecule has 0 spiro atoms. The number of para-hydroxylation sites is 1. The molecule has 6 aromatic carbocycles. The Hall–Kier alpha value is -5.16. The summed E-state index contributed by atoms with van der Waals surface area (Å²) in [5.74, 6) is 0. The quantitative estimate of drug-likeness (QED) is 0.177. The summed E-state index contributed by atoms with van der Waals surface area (Å²) in [6, 6.07) is 47.3. The fourth-order valence-electron chi connectivity index (χ4n) is 7.54. The summed E-state index contributed by atoms with van der Waals surface area (Å²) < 4.78 is 6.39. The molecule has 0 saturated heterocycles. The smallest absolute Gasteiger partial charge is 0.0496 e. The summed E-state index contributed by atoms with van der Waals surface area (Å²) in [4.78, 5) is 3.64. The number of thiophene rings is 2. The molecule has 0 N–H and O–H groups in total. The van der Waals surface area contributed by atoms with Gasteiger partial charge in [-0.25, -0.2) is 0 Å². The molecular weight excluding hydrogens is 633 g/mol. The zero-order valence-electron chi connectivity index (χ0n) is 28.1. The minimum Gasteiger partial charge on any atom is -0.335 e. The second kappa shape index (κ2) is 11.2. The lowest BCUT2D eigenvalue weighted by molar-refractivity contribution is 0.423. The van der Waals surface area contributed by atoms with Crippen LogP contribution < -0.4 is 4.90 Å². The number of benzene rings is 6. The lowest BCUT2D eigenvalue weighted by atomic mass is 10.0. The molecule has 2 nitrogen and oxygen atoms in total. The molecule has 0 bridgehead atoms. The van der Waals surface area contributed by atoms with E-state index in [-0.39, 0.29) is 5.54 Å². The molecule has 0 aliphatic carbocycles. The molecule has 0 amide bonds. The Kier molecular flexibility index (Phi) is 6.84. The van der Waals surface area contributed by atoms with Crippen LogP contribution in [0.4, 0.5) is 17.1 Å². The van der Waals surface area contributed by atoms with Crippen LogP contribution in [0.3, 0.4) is 0 Å². The van der Waals surface area contributed by atoms with E-state index in [0.717, 1.165) is 17.1 Å². The van der Waals surface area contributed by atoms with Crippen molar-refractivity contribution in [2.75, 3.05) is 4.90 Å². The van der Waals surface area contributed by atoms with Crippen molar-refractivity contribution in [2.24, 2.45) is 0 Å². The summed E-state index contributed by atoms with van der Waals surface area (Å²) >= 11 is 3.67. The van der Waals surface area contributed by atoms with E-state index in [1.54, 1.807) is 0 Å². The highest BCUT2D eigenvalue weighted by Crippen LogP contribution is 2.43. The topological polar surface area (TPSA) is 8.17 Å². The van der Waals surface area contributed by atoms with E-state index in [2.05, 4.69) is 171 Å². The highest BCUT2D eigenvalue weighted by molar-refractivity contribution is 7.25. The SMILES string of the molecule is C=Cc1sc2ccc(N(c3ccc(-c4ccc5c(c4)c4ccccc4n5C(C)(C)C)cc3)c3ccc4sc5ccccc5c4c3)cc2c1C. The van der Waals surface area contributed by atoms with Gasteiger partial charge in [0.25, 0.3) is 0 Å². The summed E-state index contributed by atoms with van der Waals surface area (Å²) in [6.45, 7) is 13.1. The van der Waals surface area contributed by atoms with E-state index in [0.29, 0.717) is 0 Å². The van der Waals surface area contributed by atoms with E-state index < -0.39 is 0 Å². The molecule has 0 fully saturated rings. The lowest BCUT2D eigenvalue weighted by Crippen LogP contribution is -2.21. The highest BCUT2D eigenvalue weighted by Gasteiger charge is 2.21. The Balaban J connectivity index is 1.19. The lowest BCUT2D eigenvalue weighted by Gasteiger charge is -2.26. The molecule has 3 aromatic heterocycles. The van der Waals surface area contributed by atoms with Crippen molar-refractivity contribution in [1.82, 2.24) is 4.57 Å². The molecule has 9 rings (SSSR count). The number of aryl methyl sites for hydroxylation is 1. The maximum absolute atomic E-state index is 4.06. The minimum absolute atomic E-state index is 0.0237. The largest absolute Gasteiger partial charge is 0.335 e. The van der Waals surface area contributed by atoms with Gasteiger partial charge >= 0.3 is 0 Å².